The second kappa shape index (κ2) is 16.4. The molecule has 0 aliphatic heterocycles. The lowest BCUT2D eigenvalue weighted by Gasteiger charge is -2.45. The van der Waals surface area contributed by atoms with E-state index in [1.54, 1.807) is 0 Å². The Bertz CT molecular complexity index is 1210. The number of alkyl halides is 2. The van der Waals surface area contributed by atoms with E-state index in [0.29, 0.717) is 37.7 Å². The minimum Gasteiger partial charge on any atom is -0.469 e. The van der Waals surface area contributed by atoms with Crippen LogP contribution in [0.3, 0.4) is 0 Å². The fraction of sp³-hybridized carbons (Fsp3) is 0.514. The summed E-state index contributed by atoms with van der Waals surface area (Å²) in [5.41, 5.74) is 0.460. The van der Waals surface area contributed by atoms with Gasteiger partial charge in [-0.2, -0.15) is 0 Å². The van der Waals surface area contributed by atoms with E-state index in [0.717, 1.165) is 23.2 Å². The number of carbonyl (C=O) groups excluding carboxylic acids is 2. The zero-order valence-electron chi connectivity index (χ0n) is 27.1. The monoisotopic (exact) mass is 624 g/mol. The van der Waals surface area contributed by atoms with Crippen LogP contribution in [-0.4, -0.2) is 39.2 Å². The van der Waals surface area contributed by atoms with Gasteiger partial charge in [0.2, 0.25) is 0 Å². The van der Waals surface area contributed by atoms with Gasteiger partial charge in [0.15, 0.2) is 5.78 Å². The van der Waals surface area contributed by atoms with Crippen molar-refractivity contribution < 1.29 is 27.5 Å². The molecular weight excluding hydrogens is 574 g/mol. The summed E-state index contributed by atoms with van der Waals surface area (Å²) in [4.78, 5) is 25.1. The van der Waals surface area contributed by atoms with Crippen molar-refractivity contribution in [1.29, 1.82) is 0 Å². The van der Waals surface area contributed by atoms with Crippen molar-refractivity contribution in [2.45, 2.75) is 109 Å². The first-order chi connectivity index (χ1) is 20.9. The lowest BCUT2D eigenvalue weighted by atomic mass is 9.94. The number of hydrogen-bond donors (Lipinski definition) is 0. The van der Waals surface area contributed by atoms with E-state index in [-0.39, 0.29) is 35.6 Å². The van der Waals surface area contributed by atoms with Crippen LogP contribution in [0.25, 0.3) is 0 Å². The standard InChI is InChI=1S/C37H50F2O4Si/c1-6-7-18-26-37(38,39)27-25-31-32(23-16-8-9-17-24-35(41)42-5)34(28-33(31)40)43-44(36(2,3)4,29-19-12-10-13-20-29)30-21-14-11-15-22-30/h8,10-16,19-22,25,32,34H,6-7,9,17-18,23-24,26-28H2,1-5H3/t32-,34+/m1/s1. The number of methoxy groups -OCH3 is 1. The average molecular weight is 625 g/mol. The summed E-state index contributed by atoms with van der Waals surface area (Å²) in [5.74, 6) is -3.55. The van der Waals surface area contributed by atoms with Crippen molar-refractivity contribution in [3.05, 3.63) is 84.5 Å². The third-order valence-electron chi connectivity index (χ3n) is 8.60. The molecule has 1 aliphatic rings. The Hall–Kier alpha value is -2.90. The minimum atomic E-state index is -2.98. The van der Waals surface area contributed by atoms with Crippen LogP contribution in [0.1, 0.15) is 91.9 Å². The molecule has 1 aliphatic carbocycles. The number of carbonyl (C=O) groups is 2. The van der Waals surface area contributed by atoms with Gasteiger partial charge in [-0.05, 0) is 46.7 Å². The molecule has 3 rings (SSSR count). The van der Waals surface area contributed by atoms with E-state index in [1.807, 2.05) is 55.5 Å². The Kier molecular flexibility index (Phi) is 13.3. The number of allylic oxidation sites excluding steroid dienone is 3. The van der Waals surface area contributed by atoms with Crippen LogP contribution in [0.15, 0.2) is 84.5 Å². The van der Waals surface area contributed by atoms with Crippen molar-refractivity contribution >= 4 is 30.4 Å². The number of ether oxygens (including phenoxy) is 1. The largest absolute Gasteiger partial charge is 0.469 e. The molecule has 0 radical (unpaired) electrons. The van der Waals surface area contributed by atoms with Crippen LogP contribution in [-0.2, 0) is 18.8 Å². The number of rotatable bonds is 16. The molecule has 44 heavy (non-hydrogen) atoms. The molecule has 4 nitrogen and oxygen atoms in total. The Balaban J connectivity index is 1.99. The molecule has 0 N–H and O–H groups in total. The first-order valence-electron chi connectivity index (χ1n) is 16.1. The number of hydrogen-bond acceptors (Lipinski definition) is 4. The molecule has 0 aromatic heterocycles. The molecule has 240 valence electrons. The molecule has 0 amide bonds. The van der Waals surface area contributed by atoms with Crippen LogP contribution < -0.4 is 10.4 Å². The van der Waals surface area contributed by atoms with Gasteiger partial charge in [0.1, 0.15) is 0 Å². The highest BCUT2D eigenvalue weighted by molar-refractivity contribution is 6.99. The maximum absolute atomic E-state index is 14.9. The molecular formula is C37H50F2O4Si. The number of halogens is 2. The smallest absolute Gasteiger partial charge is 0.305 e. The molecule has 2 aromatic carbocycles. The SMILES string of the molecule is CCCCCC(F)(F)CC=C1C(=O)C[C@H](O[Si](c2ccccc2)(c2ccccc2)C(C)(C)C)[C@@H]1CC=CCCCC(=O)OC. The molecule has 7 heteroatoms. The lowest BCUT2D eigenvalue weighted by Crippen LogP contribution is -2.68. The van der Waals surface area contributed by atoms with Gasteiger partial charge in [-0.25, -0.2) is 8.78 Å². The Morgan fingerprint density at radius 3 is 2.11 bits per heavy atom. The van der Waals surface area contributed by atoms with Gasteiger partial charge in [-0.3, -0.25) is 9.59 Å². The summed E-state index contributed by atoms with van der Waals surface area (Å²) in [7, 11) is -1.60. The van der Waals surface area contributed by atoms with Crippen LogP contribution in [0.2, 0.25) is 5.04 Å². The van der Waals surface area contributed by atoms with Gasteiger partial charge >= 0.3 is 5.97 Å². The van der Waals surface area contributed by atoms with E-state index in [1.165, 1.54) is 13.2 Å². The molecule has 0 spiro atoms. The van der Waals surface area contributed by atoms with Crippen LogP contribution >= 0.6 is 0 Å². The highest BCUT2D eigenvalue weighted by atomic mass is 28.4. The fourth-order valence-electron chi connectivity index (χ4n) is 6.26. The number of ketones is 1. The van der Waals surface area contributed by atoms with Gasteiger partial charge in [0, 0.05) is 31.6 Å². The third-order valence-corrected chi connectivity index (χ3v) is 13.7. The van der Waals surface area contributed by atoms with Crippen molar-refractivity contribution in [2.24, 2.45) is 5.92 Å². The Morgan fingerprint density at radius 2 is 1.57 bits per heavy atom. The zero-order valence-corrected chi connectivity index (χ0v) is 28.1. The van der Waals surface area contributed by atoms with E-state index in [4.69, 9.17) is 9.16 Å². The number of unbranched alkanes of at least 4 members (excludes halogenated alkanes) is 3. The second-order valence-electron chi connectivity index (χ2n) is 12.9. The summed E-state index contributed by atoms with van der Waals surface area (Å²) < 4.78 is 41.9. The Morgan fingerprint density at radius 1 is 0.955 bits per heavy atom. The number of Topliss-reactive ketones (excluding diaryl/α,β-unsaturated/α-hetero) is 1. The number of esters is 1. The normalized spacial score (nSPS) is 18.8. The van der Waals surface area contributed by atoms with E-state index in [9.17, 15) is 18.4 Å². The van der Waals surface area contributed by atoms with Crippen molar-refractivity contribution in [2.75, 3.05) is 7.11 Å². The Labute approximate surface area is 264 Å². The topological polar surface area (TPSA) is 52.6 Å². The van der Waals surface area contributed by atoms with Crippen LogP contribution in [0, 0.1) is 5.92 Å². The zero-order chi connectivity index (χ0) is 32.2. The summed E-state index contributed by atoms with van der Waals surface area (Å²) in [6, 6.07) is 20.5. The highest BCUT2D eigenvalue weighted by Crippen LogP contribution is 2.43. The third kappa shape index (κ3) is 9.30. The minimum absolute atomic E-state index is 0.110. The second-order valence-corrected chi connectivity index (χ2v) is 17.2. The average Bonchev–Trinajstić information content (AvgIpc) is 3.29. The van der Waals surface area contributed by atoms with Crippen molar-refractivity contribution in [3.63, 3.8) is 0 Å². The molecule has 1 fully saturated rings. The van der Waals surface area contributed by atoms with Crippen molar-refractivity contribution in [1.82, 2.24) is 0 Å². The molecule has 0 saturated heterocycles. The van der Waals surface area contributed by atoms with Crippen LogP contribution in [0.5, 0.6) is 0 Å². The molecule has 2 atom stereocenters. The molecule has 1 saturated carbocycles. The summed E-state index contributed by atoms with van der Waals surface area (Å²) in [6.45, 7) is 8.58. The van der Waals surface area contributed by atoms with Gasteiger partial charge in [0.05, 0.1) is 13.2 Å². The quantitative estimate of drug-likeness (QED) is 0.0620. The lowest BCUT2D eigenvalue weighted by molar-refractivity contribution is -0.140. The van der Waals surface area contributed by atoms with Gasteiger partial charge in [0.25, 0.3) is 14.2 Å². The summed E-state index contributed by atoms with van der Waals surface area (Å²) in [5, 5.41) is 1.94. The molecule has 0 bridgehead atoms. The first-order valence-corrected chi connectivity index (χ1v) is 18.0. The van der Waals surface area contributed by atoms with E-state index >= 15 is 0 Å². The summed E-state index contributed by atoms with van der Waals surface area (Å²) >= 11 is 0. The molecule has 2 aromatic rings. The number of benzene rings is 2. The molecule has 0 unspecified atom stereocenters. The van der Waals surface area contributed by atoms with Gasteiger partial charge in [-0.1, -0.05) is 119 Å². The predicted octanol–water partition coefficient (Wildman–Crippen LogP) is 8.34. The summed E-state index contributed by atoms with van der Waals surface area (Å²) in [6.07, 6.45) is 8.90. The molecule has 0 heterocycles. The van der Waals surface area contributed by atoms with Crippen molar-refractivity contribution in [3.8, 4) is 0 Å². The maximum atomic E-state index is 14.9. The van der Waals surface area contributed by atoms with Crippen LogP contribution in [0.4, 0.5) is 8.78 Å². The van der Waals surface area contributed by atoms with E-state index in [2.05, 4.69) is 45.0 Å². The van der Waals surface area contributed by atoms with E-state index < -0.39 is 26.8 Å². The van der Waals surface area contributed by atoms with Gasteiger partial charge < -0.3 is 9.16 Å². The highest BCUT2D eigenvalue weighted by Gasteiger charge is 2.54. The first kappa shape index (κ1) is 35.6. The predicted molar refractivity (Wildman–Crippen MR) is 177 cm³/mol. The maximum Gasteiger partial charge on any atom is 0.305 e. The van der Waals surface area contributed by atoms with Gasteiger partial charge in [-0.15, -0.1) is 0 Å². The fourth-order valence-corrected chi connectivity index (χ4v) is 11.0.